The van der Waals surface area contributed by atoms with Gasteiger partial charge in [-0.15, -0.1) is 11.3 Å². The van der Waals surface area contributed by atoms with E-state index in [1.54, 1.807) is 0 Å². The molecule has 2 heterocycles. The molecule has 0 saturated carbocycles. The molecule has 0 bridgehead atoms. The fourth-order valence-electron chi connectivity index (χ4n) is 2.99. The van der Waals surface area contributed by atoms with E-state index in [1.165, 1.54) is 27.3 Å². The Balaban J connectivity index is 1.63. The van der Waals surface area contributed by atoms with E-state index < -0.39 is 0 Å². The van der Waals surface area contributed by atoms with Crippen molar-refractivity contribution >= 4 is 17.0 Å². The van der Waals surface area contributed by atoms with Gasteiger partial charge in [0, 0.05) is 43.3 Å². The van der Waals surface area contributed by atoms with E-state index in [4.69, 9.17) is 0 Å². The molecule has 0 radical (unpaired) electrons. The normalized spacial score (nSPS) is 16.4. The van der Waals surface area contributed by atoms with E-state index in [9.17, 15) is 0 Å². The summed E-state index contributed by atoms with van der Waals surface area (Å²) in [5, 5.41) is 2.21. The third kappa shape index (κ3) is 3.14. The van der Waals surface area contributed by atoms with Crippen molar-refractivity contribution in [2.24, 2.45) is 0 Å². The zero-order valence-electron chi connectivity index (χ0n) is 13.2. The molecule has 1 aliphatic rings. The average Bonchev–Trinajstić information content (AvgIpc) is 2.88. The molecule has 1 aromatic heterocycles. The number of aryl methyl sites for hydroxylation is 2. The molecule has 0 amide bonds. The van der Waals surface area contributed by atoms with E-state index in [-0.39, 0.29) is 0 Å². The van der Waals surface area contributed by atoms with Crippen molar-refractivity contribution in [1.82, 2.24) is 4.90 Å². The quantitative estimate of drug-likeness (QED) is 0.845. The molecular formula is C18H24N2S. The number of hydrogen-bond donors (Lipinski definition) is 0. The summed E-state index contributed by atoms with van der Waals surface area (Å²) in [6.45, 7) is 12.4. The lowest BCUT2D eigenvalue weighted by molar-refractivity contribution is 0.251. The van der Waals surface area contributed by atoms with E-state index in [2.05, 4.69) is 60.2 Å². The maximum Gasteiger partial charge on any atom is 0.0399 e. The lowest BCUT2D eigenvalue weighted by atomic mass is 10.1. The Kier molecular flexibility index (Phi) is 4.32. The maximum absolute atomic E-state index is 2.58. The zero-order chi connectivity index (χ0) is 14.8. The largest absolute Gasteiger partial charge is 0.369 e. The molecule has 0 atom stereocenters. The molecule has 1 fully saturated rings. The second-order valence-electron chi connectivity index (χ2n) is 6.01. The van der Waals surface area contributed by atoms with E-state index >= 15 is 0 Å². The Labute approximate surface area is 132 Å². The molecule has 0 spiro atoms. The summed E-state index contributed by atoms with van der Waals surface area (Å²) in [6.07, 6.45) is 0. The minimum absolute atomic E-state index is 1.12. The molecule has 21 heavy (non-hydrogen) atoms. The maximum atomic E-state index is 2.58. The van der Waals surface area contributed by atoms with Crippen LogP contribution in [0, 0.1) is 20.8 Å². The number of rotatable bonds is 3. The number of hydrogen-bond acceptors (Lipinski definition) is 3. The van der Waals surface area contributed by atoms with Gasteiger partial charge < -0.3 is 4.90 Å². The summed E-state index contributed by atoms with van der Waals surface area (Å²) >= 11 is 1.89. The minimum Gasteiger partial charge on any atom is -0.369 e. The van der Waals surface area contributed by atoms with Crippen molar-refractivity contribution in [2.45, 2.75) is 27.3 Å². The summed E-state index contributed by atoms with van der Waals surface area (Å²) in [5.74, 6) is 0. The van der Waals surface area contributed by atoms with Gasteiger partial charge in [0.25, 0.3) is 0 Å². The molecular weight excluding hydrogens is 276 g/mol. The Hall–Kier alpha value is -1.32. The van der Waals surface area contributed by atoms with Gasteiger partial charge in [-0.2, -0.15) is 0 Å². The van der Waals surface area contributed by atoms with E-state index in [0.717, 1.165) is 32.7 Å². The van der Waals surface area contributed by atoms with Gasteiger partial charge in [-0.25, -0.2) is 0 Å². The topological polar surface area (TPSA) is 6.48 Å². The molecule has 112 valence electrons. The van der Waals surface area contributed by atoms with E-state index in [0.29, 0.717) is 0 Å². The Morgan fingerprint density at radius 2 is 1.71 bits per heavy atom. The van der Waals surface area contributed by atoms with Crippen LogP contribution in [0.3, 0.4) is 0 Å². The number of benzene rings is 1. The molecule has 0 N–H and O–H groups in total. The van der Waals surface area contributed by atoms with Crippen molar-refractivity contribution in [3.63, 3.8) is 0 Å². The van der Waals surface area contributed by atoms with Crippen LogP contribution in [0.15, 0.2) is 29.6 Å². The van der Waals surface area contributed by atoms with Crippen molar-refractivity contribution in [3.8, 4) is 0 Å². The lowest BCUT2D eigenvalue weighted by Gasteiger charge is -2.37. The van der Waals surface area contributed by atoms with Gasteiger partial charge >= 0.3 is 0 Å². The molecule has 0 aliphatic carbocycles. The molecule has 2 nitrogen and oxygen atoms in total. The van der Waals surface area contributed by atoms with Crippen molar-refractivity contribution in [3.05, 3.63) is 51.2 Å². The molecule has 0 unspecified atom stereocenters. The summed E-state index contributed by atoms with van der Waals surface area (Å²) in [4.78, 5) is 6.65. The first-order chi connectivity index (χ1) is 10.1. The summed E-state index contributed by atoms with van der Waals surface area (Å²) < 4.78 is 0. The molecule has 1 aromatic carbocycles. The third-order valence-electron chi connectivity index (χ3n) is 4.62. The van der Waals surface area contributed by atoms with Gasteiger partial charge in [0.2, 0.25) is 0 Å². The first-order valence-electron chi connectivity index (χ1n) is 7.71. The predicted octanol–water partition coefficient (Wildman–Crippen LogP) is 4.00. The van der Waals surface area contributed by atoms with Gasteiger partial charge in [-0.3, -0.25) is 4.90 Å². The van der Waals surface area contributed by atoms with Crippen molar-refractivity contribution < 1.29 is 0 Å². The highest BCUT2D eigenvalue weighted by atomic mass is 32.1. The fourth-order valence-corrected chi connectivity index (χ4v) is 3.94. The molecule has 1 saturated heterocycles. The SMILES string of the molecule is Cc1ccsc1CN1CCN(c2cccc(C)c2C)CC1. The summed E-state index contributed by atoms with van der Waals surface area (Å²) in [5.41, 5.74) is 5.68. The van der Waals surface area contributed by atoms with Crippen LogP contribution in [-0.4, -0.2) is 31.1 Å². The van der Waals surface area contributed by atoms with Crippen LogP contribution in [0.5, 0.6) is 0 Å². The second-order valence-corrected chi connectivity index (χ2v) is 7.01. The fraction of sp³-hybridized carbons (Fsp3) is 0.444. The smallest absolute Gasteiger partial charge is 0.0399 e. The monoisotopic (exact) mass is 300 g/mol. The lowest BCUT2D eigenvalue weighted by Crippen LogP contribution is -2.46. The average molecular weight is 300 g/mol. The van der Waals surface area contributed by atoms with Gasteiger partial charge in [0.1, 0.15) is 0 Å². The molecule has 3 heteroatoms. The van der Waals surface area contributed by atoms with Gasteiger partial charge in [0.05, 0.1) is 0 Å². The highest BCUT2D eigenvalue weighted by Gasteiger charge is 2.19. The van der Waals surface area contributed by atoms with Crippen molar-refractivity contribution in [2.75, 3.05) is 31.1 Å². The van der Waals surface area contributed by atoms with Crippen LogP contribution in [-0.2, 0) is 6.54 Å². The second kappa shape index (κ2) is 6.20. The van der Waals surface area contributed by atoms with Crippen LogP contribution < -0.4 is 4.90 Å². The number of anilines is 1. The Morgan fingerprint density at radius 1 is 0.952 bits per heavy atom. The highest BCUT2D eigenvalue weighted by Crippen LogP contribution is 2.25. The summed E-state index contributed by atoms with van der Waals surface area (Å²) in [6, 6.07) is 8.88. The highest BCUT2D eigenvalue weighted by molar-refractivity contribution is 7.10. The first kappa shape index (κ1) is 14.6. The Bertz CT molecular complexity index is 609. The standard InChI is InChI=1S/C18H24N2S/c1-14-5-4-6-17(16(14)3)20-10-8-19(9-11-20)13-18-15(2)7-12-21-18/h4-7,12H,8-11,13H2,1-3H3. The summed E-state index contributed by atoms with van der Waals surface area (Å²) in [7, 11) is 0. The number of nitrogens with zero attached hydrogens (tertiary/aromatic N) is 2. The predicted molar refractivity (Wildman–Crippen MR) is 92.5 cm³/mol. The zero-order valence-corrected chi connectivity index (χ0v) is 14.0. The van der Waals surface area contributed by atoms with Gasteiger partial charge in [-0.1, -0.05) is 12.1 Å². The minimum atomic E-state index is 1.12. The molecule has 3 rings (SSSR count). The molecule has 1 aliphatic heterocycles. The third-order valence-corrected chi connectivity index (χ3v) is 5.63. The van der Waals surface area contributed by atoms with Gasteiger partial charge in [0.15, 0.2) is 0 Å². The Morgan fingerprint density at radius 3 is 2.38 bits per heavy atom. The van der Waals surface area contributed by atoms with Crippen LogP contribution in [0.4, 0.5) is 5.69 Å². The number of thiophene rings is 1. The van der Waals surface area contributed by atoms with Crippen molar-refractivity contribution in [1.29, 1.82) is 0 Å². The van der Waals surface area contributed by atoms with Crippen LogP contribution >= 0.6 is 11.3 Å². The first-order valence-corrected chi connectivity index (χ1v) is 8.59. The molecule has 2 aromatic rings. The van der Waals surface area contributed by atoms with Gasteiger partial charge in [-0.05, 0) is 55.0 Å². The van der Waals surface area contributed by atoms with Crippen LogP contribution in [0.2, 0.25) is 0 Å². The number of piperazine rings is 1. The van der Waals surface area contributed by atoms with Crippen LogP contribution in [0.1, 0.15) is 21.6 Å². The van der Waals surface area contributed by atoms with Crippen LogP contribution in [0.25, 0.3) is 0 Å². The van der Waals surface area contributed by atoms with E-state index in [1.807, 2.05) is 11.3 Å².